The minimum absolute atomic E-state index is 0.116. The molecule has 3 amide bonds. The number of carbonyl (C=O) groups excluding carboxylic acids is 2. The Morgan fingerprint density at radius 2 is 2.07 bits per heavy atom. The summed E-state index contributed by atoms with van der Waals surface area (Å²) < 4.78 is 0. The number of pyridine rings is 1. The lowest BCUT2D eigenvalue weighted by Crippen LogP contribution is -2.47. The standard InChI is InChI=1S/C21H25N3O2S/c1-13(17-11-14-6-7-15(17)10-14)23-21(26)24-20(25)12-27-19-8-9-22-18-5-3-2-4-16(18)19/h2-5,8-9,13-15,17H,6-7,10-12H2,1H3,(H2,23,24,25,26). The lowest BCUT2D eigenvalue weighted by Gasteiger charge is -2.28. The Labute approximate surface area is 163 Å². The molecule has 4 atom stereocenters. The van der Waals surface area contributed by atoms with Crippen LogP contribution < -0.4 is 10.6 Å². The molecule has 2 aliphatic carbocycles. The van der Waals surface area contributed by atoms with Crippen LogP contribution in [0.1, 0.15) is 32.6 Å². The number of hydrogen-bond acceptors (Lipinski definition) is 4. The number of nitrogens with one attached hydrogen (secondary N) is 2. The molecule has 6 heteroatoms. The summed E-state index contributed by atoms with van der Waals surface area (Å²) in [6.07, 6.45) is 6.91. The number of imide groups is 1. The Kier molecular flexibility index (Phi) is 5.34. The summed E-state index contributed by atoms with van der Waals surface area (Å²) in [5, 5.41) is 6.47. The monoisotopic (exact) mass is 383 g/mol. The third kappa shape index (κ3) is 4.10. The molecule has 1 heterocycles. The molecule has 2 fully saturated rings. The maximum Gasteiger partial charge on any atom is 0.321 e. The second-order valence-electron chi connectivity index (χ2n) is 7.76. The van der Waals surface area contributed by atoms with E-state index in [1.807, 2.05) is 30.3 Å². The van der Waals surface area contributed by atoms with E-state index in [2.05, 4.69) is 22.5 Å². The molecular formula is C21H25N3O2S. The second-order valence-corrected chi connectivity index (χ2v) is 8.78. The van der Waals surface area contributed by atoms with Gasteiger partial charge in [0.15, 0.2) is 0 Å². The van der Waals surface area contributed by atoms with Crippen LogP contribution in [0.15, 0.2) is 41.4 Å². The minimum atomic E-state index is -0.379. The van der Waals surface area contributed by atoms with Crippen molar-refractivity contribution < 1.29 is 9.59 Å². The van der Waals surface area contributed by atoms with Crippen LogP contribution in [0, 0.1) is 17.8 Å². The smallest absolute Gasteiger partial charge is 0.321 e. The second kappa shape index (κ2) is 7.89. The maximum absolute atomic E-state index is 12.2. The first-order valence-corrected chi connectivity index (χ1v) is 10.7. The first-order valence-electron chi connectivity index (χ1n) is 9.67. The lowest BCUT2D eigenvalue weighted by molar-refractivity contribution is -0.117. The number of aromatic nitrogens is 1. The van der Waals surface area contributed by atoms with Gasteiger partial charge < -0.3 is 5.32 Å². The molecule has 1 aromatic carbocycles. The van der Waals surface area contributed by atoms with Crippen LogP contribution >= 0.6 is 11.8 Å². The van der Waals surface area contributed by atoms with Gasteiger partial charge in [-0.25, -0.2) is 4.79 Å². The number of rotatable bonds is 5. The third-order valence-corrected chi connectivity index (χ3v) is 7.09. The minimum Gasteiger partial charge on any atom is -0.335 e. The van der Waals surface area contributed by atoms with E-state index in [1.165, 1.54) is 37.4 Å². The van der Waals surface area contributed by atoms with E-state index in [1.54, 1.807) is 6.20 Å². The molecule has 2 aliphatic rings. The molecule has 2 bridgehead atoms. The van der Waals surface area contributed by atoms with E-state index in [9.17, 15) is 9.59 Å². The van der Waals surface area contributed by atoms with Crippen LogP contribution in [0.4, 0.5) is 4.79 Å². The van der Waals surface area contributed by atoms with Gasteiger partial charge in [0, 0.05) is 22.5 Å². The number of hydrogen-bond donors (Lipinski definition) is 2. The SMILES string of the molecule is CC(NC(=O)NC(=O)CSc1ccnc2ccccc12)C1CC2CCC1C2. The molecule has 142 valence electrons. The molecule has 0 saturated heterocycles. The number of fused-ring (bicyclic) bond motifs is 3. The van der Waals surface area contributed by atoms with Crippen molar-refractivity contribution in [2.24, 2.45) is 17.8 Å². The van der Waals surface area contributed by atoms with Crippen molar-refractivity contribution >= 4 is 34.6 Å². The summed E-state index contributed by atoms with van der Waals surface area (Å²) in [5.41, 5.74) is 0.903. The normalized spacial score (nSPS) is 24.7. The zero-order valence-corrected chi connectivity index (χ0v) is 16.3. The first kappa shape index (κ1) is 18.3. The molecule has 0 radical (unpaired) electrons. The van der Waals surface area contributed by atoms with E-state index in [4.69, 9.17) is 0 Å². The Hall–Kier alpha value is -2.08. The fraction of sp³-hybridized carbons (Fsp3) is 0.476. The average Bonchev–Trinajstić information content (AvgIpc) is 3.29. The summed E-state index contributed by atoms with van der Waals surface area (Å²) in [6, 6.07) is 9.48. The Morgan fingerprint density at radius 3 is 2.85 bits per heavy atom. The molecule has 5 nitrogen and oxygen atoms in total. The molecule has 2 aromatic rings. The van der Waals surface area contributed by atoms with Crippen molar-refractivity contribution in [2.45, 2.75) is 43.5 Å². The zero-order chi connectivity index (χ0) is 18.8. The number of nitrogens with zero attached hydrogens (tertiary/aromatic N) is 1. The van der Waals surface area contributed by atoms with Crippen molar-refractivity contribution in [3.05, 3.63) is 36.5 Å². The largest absolute Gasteiger partial charge is 0.335 e. The number of amides is 3. The van der Waals surface area contributed by atoms with Crippen LogP contribution in [0.5, 0.6) is 0 Å². The molecule has 4 rings (SSSR count). The maximum atomic E-state index is 12.2. The van der Waals surface area contributed by atoms with Crippen molar-refractivity contribution in [3.63, 3.8) is 0 Å². The van der Waals surface area contributed by atoms with Crippen LogP contribution in [0.25, 0.3) is 10.9 Å². The summed E-state index contributed by atoms with van der Waals surface area (Å²) in [4.78, 5) is 29.7. The van der Waals surface area contributed by atoms with E-state index in [-0.39, 0.29) is 23.7 Å². The number of carbonyl (C=O) groups is 2. The molecule has 27 heavy (non-hydrogen) atoms. The fourth-order valence-corrected chi connectivity index (χ4v) is 5.60. The number of thioether (sulfide) groups is 1. The van der Waals surface area contributed by atoms with Crippen molar-refractivity contribution in [1.82, 2.24) is 15.6 Å². The molecule has 0 spiro atoms. The Balaban J connectivity index is 1.27. The Morgan fingerprint density at radius 1 is 1.22 bits per heavy atom. The van der Waals surface area contributed by atoms with Gasteiger partial charge in [-0.2, -0.15) is 0 Å². The predicted molar refractivity (Wildman–Crippen MR) is 108 cm³/mol. The lowest BCUT2D eigenvalue weighted by atomic mass is 9.84. The van der Waals surface area contributed by atoms with Gasteiger partial charge in [-0.1, -0.05) is 24.6 Å². The van der Waals surface area contributed by atoms with E-state index in [0.29, 0.717) is 5.92 Å². The first-order chi connectivity index (χ1) is 13.1. The van der Waals surface area contributed by atoms with E-state index >= 15 is 0 Å². The highest BCUT2D eigenvalue weighted by Crippen LogP contribution is 2.49. The summed E-state index contributed by atoms with van der Waals surface area (Å²) in [7, 11) is 0. The average molecular weight is 384 g/mol. The molecule has 1 aromatic heterocycles. The topological polar surface area (TPSA) is 71.1 Å². The van der Waals surface area contributed by atoms with Gasteiger partial charge >= 0.3 is 6.03 Å². The quantitative estimate of drug-likeness (QED) is 0.766. The zero-order valence-electron chi connectivity index (χ0n) is 15.5. The fourth-order valence-electron chi connectivity index (χ4n) is 4.76. The summed E-state index contributed by atoms with van der Waals surface area (Å²) >= 11 is 1.42. The van der Waals surface area contributed by atoms with Gasteiger partial charge in [-0.15, -0.1) is 11.8 Å². The predicted octanol–water partition coefficient (Wildman–Crippen LogP) is 3.98. The molecule has 0 aliphatic heterocycles. The van der Waals surface area contributed by atoms with Crippen LogP contribution in [-0.4, -0.2) is 28.7 Å². The van der Waals surface area contributed by atoms with Gasteiger partial charge in [0.05, 0.1) is 11.3 Å². The highest BCUT2D eigenvalue weighted by Gasteiger charge is 2.42. The van der Waals surface area contributed by atoms with Gasteiger partial charge in [-0.05, 0) is 56.1 Å². The van der Waals surface area contributed by atoms with Crippen molar-refractivity contribution in [2.75, 3.05) is 5.75 Å². The van der Waals surface area contributed by atoms with Crippen molar-refractivity contribution in [3.8, 4) is 0 Å². The third-order valence-electron chi connectivity index (χ3n) is 6.01. The van der Waals surface area contributed by atoms with Crippen LogP contribution in [0.2, 0.25) is 0 Å². The van der Waals surface area contributed by atoms with E-state index in [0.717, 1.165) is 27.6 Å². The molecule has 4 unspecified atom stereocenters. The number of benzene rings is 1. The van der Waals surface area contributed by atoms with E-state index < -0.39 is 0 Å². The van der Waals surface area contributed by atoms with Crippen molar-refractivity contribution in [1.29, 1.82) is 0 Å². The Bertz CT molecular complexity index is 851. The number of para-hydroxylation sites is 1. The summed E-state index contributed by atoms with van der Waals surface area (Å²) in [6.45, 7) is 2.06. The highest BCUT2D eigenvalue weighted by molar-refractivity contribution is 8.00. The summed E-state index contributed by atoms with van der Waals surface area (Å²) in [5.74, 6) is 2.07. The van der Waals surface area contributed by atoms with Gasteiger partial charge in [0.1, 0.15) is 0 Å². The molecule has 2 N–H and O–H groups in total. The molecule has 2 saturated carbocycles. The number of urea groups is 1. The molecular weight excluding hydrogens is 358 g/mol. The van der Waals surface area contributed by atoms with Crippen LogP contribution in [-0.2, 0) is 4.79 Å². The van der Waals surface area contributed by atoms with Gasteiger partial charge in [0.25, 0.3) is 0 Å². The highest BCUT2D eigenvalue weighted by atomic mass is 32.2. The van der Waals surface area contributed by atoms with Gasteiger partial charge in [-0.3, -0.25) is 15.1 Å². The van der Waals surface area contributed by atoms with Gasteiger partial charge in [0.2, 0.25) is 5.91 Å². The van der Waals surface area contributed by atoms with Crippen LogP contribution in [0.3, 0.4) is 0 Å².